The number of amides is 1. The molecule has 0 unspecified atom stereocenters. The SMILES string of the molecule is NCC1(C(=O)Nc2ccccc2-c2ccccc2)CC1. The van der Waals surface area contributed by atoms with Crippen LogP contribution < -0.4 is 11.1 Å². The molecule has 0 saturated heterocycles. The maximum absolute atomic E-state index is 12.3. The summed E-state index contributed by atoms with van der Waals surface area (Å²) >= 11 is 0. The van der Waals surface area contributed by atoms with Crippen molar-refractivity contribution in [3.63, 3.8) is 0 Å². The summed E-state index contributed by atoms with van der Waals surface area (Å²) in [6.07, 6.45) is 1.78. The van der Waals surface area contributed by atoms with Gasteiger partial charge in [-0.1, -0.05) is 48.5 Å². The summed E-state index contributed by atoms with van der Waals surface area (Å²) in [5, 5.41) is 3.04. The summed E-state index contributed by atoms with van der Waals surface area (Å²) in [6.45, 7) is 0.423. The van der Waals surface area contributed by atoms with Crippen LogP contribution in [0, 0.1) is 5.41 Å². The third-order valence-electron chi connectivity index (χ3n) is 3.99. The zero-order valence-electron chi connectivity index (χ0n) is 11.3. The highest BCUT2D eigenvalue weighted by Crippen LogP contribution is 2.45. The molecule has 0 aromatic heterocycles. The summed E-state index contributed by atoms with van der Waals surface area (Å²) in [7, 11) is 0. The number of nitrogens with two attached hydrogens (primary N) is 1. The molecule has 1 aliphatic rings. The largest absolute Gasteiger partial charge is 0.329 e. The summed E-state index contributed by atoms with van der Waals surface area (Å²) in [5.74, 6) is 0.0448. The van der Waals surface area contributed by atoms with Crippen molar-refractivity contribution in [1.82, 2.24) is 0 Å². The zero-order chi connectivity index (χ0) is 14.0. The normalized spacial score (nSPS) is 15.7. The lowest BCUT2D eigenvalue weighted by molar-refractivity contribution is -0.120. The number of rotatable bonds is 4. The molecule has 20 heavy (non-hydrogen) atoms. The average Bonchev–Trinajstić information content (AvgIpc) is 3.30. The molecule has 0 heterocycles. The first-order chi connectivity index (χ1) is 9.75. The Morgan fingerprint density at radius 2 is 1.70 bits per heavy atom. The lowest BCUT2D eigenvalue weighted by atomic mass is 10.0. The lowest BCUT2D eigenvalue weighted by Crippen LogP contribution is -2.31. The number of nitrogens with one attached hydrogen (secondary N) is 1. The Hall–Kier alpha value is -2.13. The van der Waals surface area contributed by atoms with E-state index in [-0.39, 0.29) is 11.3 Å². The van der Waals surface area contributed by atoms with Crippen molar-refractivity contribution in [3.8, 4) is 11.1 Å². The van der Waals surface area contributed by atoms with Crippen molar-refractivity contribution in [2.45, 2.75) is 12.8 Å². The highest BCUT2D eigenvalue weighted by atomic mass is 16.2. The molecular weight excluding hydrogens is 248 g/mol. The molecule has 3 heteroatoms. The Labute approximate surface area is 118 Å². The van der Waals surface area contributed by atoms with Crippen LogP contribution in [0.25, 0.3) is 11.1 Å². The molecule has 2 aromatic carbocycles. The molecule has 102 valence electrons. The van der Waals surface area contributed by atoms with Crippen LogP contribution in [-0.4, -0.2) is 12.5 Å². The number of para-hydroxylation sites is 1. The number of anilines is 1. The molecule has 3 nitrogen and oxygen atoms in total. The van der Waals surface area contributed by atoms with Crippen LogP contribution in [0.4, 0.5) is 5.69 Å². The van der Waals surface area contributed by atoms with E-state index in [2.05, 4.69) is 5.32 Å². The van der Waals surface area contributed by atoms with Crippen LogP contribution in [0.5, 0.6) is 0 Å². The molecule has 1 saturated carbocycles. The van der Waals surface area contributed by atoms with Crippen LogP contribution in [0.2, 0.25) is 0 Å². The van der Waals surface area contributed by atoms with Gasteiger partial charge in [-0.3, -0.25) is 4.79 Å². The second kappa shape index (κ2) is 5.10. The summed E-state index contributed by atoms with van der Waals surface area (Å²) in [6, 6.07) is 17.9. The third kappa shape index (κ3) is 2.32. The van der Waals surface area contributed by atoms with E-state index in [0.717, 1.165) is 29.7 Å². The molecule has 0 radical (unpaired) electrons. The van der Waals surface area contributed by atoms with E-state index < -0.39 is 0 Å². The minimum atomic E-state index is -0.330. The smallest absolute Gasteiger partial charge is 0.231 e. The molecule has 0 atom stereocenters. The summed E-state index contributed by atoms with van der Waals surface area (Å²) < 4.78 is 0. The minimum absolute atomic E-state index is 0.0448. The van der Waals surface area contributed by atoms with E-state index >= 15 is 0 Å². The van der Waals surface area contributed by atoms with E-state index in [1.807, 2.05) is 54.6 Å². The molecule has 0 spiro atoms. The van der Waals surface area contributed by atoms with Gasteiger partial charge in [0.1, 0.15) is 0 Å². The van der Waals surface area contributed by atoms with Gasteiger partial charge in [-0.05, 0) is 24.5 Å². The molecule has 0 bridgehead atoms. The Kier molecular flexibility index (Phi) is 3.28. The van der Waals surface area contributed by atoms with Crippen molar-refractivity contribution in [1.29, 1.82) is 0 Å². The van der Waals surface area contributed by atoms with Crippen molar-refractivity contribution < 1.29 is 4.79 Å². The second-order valence-electron chi connectivity index (χ2n) is 5.35. The number of benzene rings is 2. The molecule has 3 N–H and O–H groups in total. The van der Waals surface area contributed by atoms with Gasteiger partial charge in [0.15, 0.2) is 0 Å². The highest BCUT2D eigenvalue weighted by molar-refractivity contribution is 6.00. The maximum atomic E-state index is 12.3. The average molecular weight is 266 g/mol. The molecule has 1 amide bonds. The quantitative estimate of drug-likeness (QED) is 0.893. The van der Waals surface area contributed by atoms with Crippen LogP contribution in [0.15, 0.2) is 54.6 Å². The Morgan fingerprint density at radius 3 is 2.35 bits per heavy atom. The van der Waals surface area contributed by atoms with Gasteiger partial charge in [-0.25, -0.2) is 0 Å². The highest BCUT2D eigenvalue weighted by Gasteiger charge is 2.48. The molecule has 1 aliphatic carbocycles. The van der Waals surface area contributed by atoms with Gasteiger partial charge >= 0.3 is 0 Å². The zero-order valence-corrected chi connectivity index (χ0v) is 11.3. The van der Waals surface area contributed by atoms with E-state index in [1.165, 1.54) is 0 Å². The van der Waals surface area contributed by atoms with E-state index in [9.17, 15) is 4.79 Å². The predicted octanol–water partition coefficient (Wildman–Crippen LogP) is 3.03. The maximum Gasteiger partial charge on any atom is 0.231 e. The van der Waals surface area contributed by atoms with Gasteiger partial charge in [0.05, 0.1) is 5.41 Å². The van der Waals surface area contributed by atoms with Crippen molar-refractivity contribution in [2.75, 3.05) is 11.9 Å². The fourth-order valence-corrected chi connectivity index (χ4v) is 2.39. The fraction of sp³-hybridized carbons (Fsp3) is 0.235. The summed E-state index contributed by atoms with van der Waals surface area (Å²) in [4.78, 5) is 12.3. The lowest BCUT2D eigenvalue weighted by Gasteiger charge is -2.15. The van der Waals surface area contributed by atoms with Gasteiger partial charge in [0, 0.05) is 17.8 Å². The number of carbonyl (C=O) groups excluding carboxylic acids is 1. The fourth-order valence-electron chi connectivity index (χ4n) is 2.39. The first kappa shape index (κ1) is 12.9. The van der Waals surface area contributed by atoms with Crippen LogP contribution in [0.3, 0.4) is 0 Å². The topological polar surface area (TPSA) is 55.1 Å². The first-order valence-electron chi connectivity index (χ1n) is 6.91. The van der Waals surface area contributed by atoms with Gasteiger partial charge in [0.25, 0.3) is 0 Å². The predicted molar refractivity (Wildman–Crippen MR) is 81.2 cm³/mol. The van der Waals surface area contributed by atoms with Crippen LogP contribution >= 0.6 is 0 Å². The van der Waals surface area contributed by atoms with Crippen LogP contribution in [-0.2, 0) is 4.79 Å². The van der Waals surface area contributed by atoms with Gasteiger partial charge < -0.3 is 11.1 Å². The first-order valence-corrected chi connectivity index (χ1v) is 6.91. The van der Waals surface area contributed by atoms with E-state index in [4.69, 9.17) is 5.73 Å². The van der Waals surface area contributed by atoms with Crippen molar-refractivity contribution in [3.05, 3.63) is 54.6 Å². The Balaban J connectivity index is 1.89. The number of hydrogen-bond donors (Lipinski definition) is 2. The molecule has 3 rings (SSSR count). The Morgan fingerprint density at radius 1 is 1.05 bits per heavy atom. The van der Waals surface area contributed by atoms with Crippen LogP contribution in [0.1, 0.15) is 12.8 Å². The van der Waals surface area contributed by atoms with E-state index in [1.54, 1.807) is 0 Å². The monoisotopic (exact) mass is 266 g/mol. The molecule has 0 aliphatic heterocycles. The third-order valence-corrected chi connectivity index (χ3v) is 3.99. The second-order valence-corrected chi connectivity index (χ2v) is 5.35. The molecule has 1 fully saturated rings. The van der Waals surface area contributed by atoms with Gasteiger partial charge in [-0.15, -0.1) is 0 Å². The van der Waals surface area contributed by atoms with E-state index in [0.29, 0.717) is 6.54 Å². The number of hydrogen-bond acceptors (Lipinski definition) is 2. The molecule has 2 aromatic rings. The standard InChI is InChI=1S/C17H18N2O/c18-12-17(10-11-17)16(20)19-15-9-5-4-8-14(15)13-6-2-1-3-7-13/h1-9H,10-12,18H2,(H,19,20). The minimum Gasteiger partial charge on any atom is -0.329 e. The van der Waals surface area contributed by atoms with Gasteiger partial charge in [-0.2, -0.15) is 0 Å². The van der Waals surface area contributed by atoms with Crippen molar-refractivity contribution >= 4 is 11.6 Å². The van der Waals surface area contributed by atoms with Crippen molar-refractivity contribution in [2.24, 2.45) is 11.1 Å². The molecular formula is C17H18N2O. The Bertz CT molecular complexity index is 618. The number of carbonyl (C=O) groups is 1. The van der Waals surface area contributed by atoms with Gasteiger partial charge in [0.2, 0.25) is 5.91 Å². The summed E-state index contributed by atoms with van der Waals surface area (Å²) in [5.41, 5.74) is 8.37.